The van der Waals surface area contributed by atoms with Gasteiger partial charge in [0.25, 0.3) is 5.91 Å². The fourth-order valence-corrected chi connectivity index (χ4v) is 6.39. The predicted molar refractivity (Wildman–Crippen MR) is 185 cm³/mol. The molecular formula is C39H48N4O4. The molecule has 5 rings (SSSR count). The van der Waals surface area contributed by atoms with Crippen LogP contribution in [0.4, 0.5) is 0 Å². The van der Waals surface area contributed by atoms with Crippen molar-refractivity contribution in [2.75, 3.05) is 7.11 Å². The highest BCUT2D eigenvalue weighted by Gasteiger charge is 2.26. The molecule has 0 aliphatic heterocycles. The maximum atomic E-state index is 13.9. The van der Waals surface area contributed by atoms with Crippen LogP contribution < -0.4 is 20.1 Å². The molecule has 0 bridgehead atoms. The standard InChI is InChI=1S/C39H48N4O4/c1-28(2)22-32(23-37(44)40-25-29-14-7-4-8-15-29)41-39(45)33-24-34(43(42-33)26-30-16-9-5-10-17-30)38-35(46-3)20-13-21-36(38)47-27-31-18-11-6-12-19-31/h4,6-8,11-15,18-21,24,28,30,32H,5,9-10,16-17,22-23,25-27H2,1-3H3,(H,40,44)(H,41,45). The molecule has 2 N–H and O–H groups in total. The van der Waals surface area contributed by atoms with Crippen molar-refractivity contribution in [3.63, 3.8) is 0 Å². The second kappa shape index (κ2) is 16.8. The van der Waals surface area contributed by atoms with Gasteiger partial charge in [-0.2, -0.15) is 5.10 Å². The lowest BCUT2D eigenvalue weighted by Crippen LogP contribution is -2.40. The van der Waals surface area contributed by atoms with Crippen molar-refractivity contribution >= 4 is 11.8 Å². The van der Waals surface area contributed by atoms with Gasteiger partial charge in [0.2, 0.25) is 5.91 Å². The van der Waals surface area contributed by atoms with E-state index in [1.807, 2.05) is 89.6 Å². The third-order valence-electron chi connectivity index (χ3n) is 8.73. The van der Waals surface area contributed by atoms with Gasteiger partial charge in [-0.15, -0.1) is 0 Å². The Balaban J connectivity index is 1.40. The molecule has 1 saturated carbocycles. The summed E-state index contributed by atoms with van der Waals surface area (Å²) in [5.74, 6) is 1.69. The molecule has 1 heterocycles. The van der Waals surface area contributed by atoms with Crippen LogP contribution in [0.15, 0.2) is 84.9 Å². The van der Waals surface area contributed by atoms with Crippen LogP contribution in [0.1, 0.15) is 80.4 Å². The maximum absolute atomic E-state index is 13.9. The SMILES string of the molecule is COc1cccc(OCc2ccccc2)c1-c1cc(C(=O)NC(CC(=O)NCc2ccccc2)CC(C)C)nn1CC1CCCCC1. The average Bonchev–Trinajstić information content (AvgIpc) is 3.50. The van der Waals surface area contributed by atoms with Crippen LogP contribution in [0.25, 0.3) is 11.3 Å². The van der Waals surface area contributed by atoms with E-state index >= 15 is 0 Å². The van der Waals surface area contributed by atoms with E-state index in [1.165, 1.54) is 19.3 Å². The van der Waals surface area contributed by atoms with E-state index in [-0.39, 0.29) is 24.3 Å². The zero-order valence-corrected chi connectivity index (χ0v) is 27.9. The Kier molecular flexibility index (Phi) is 12.1. The Morgan fingerprint density at radius 1 is 0.894 bits per heavy atom. The van der Waals surface area contributed by atoms with Crippen LogP contribution in [0, 0.1) is 11.8 Å². The molecule has 1 atom stereocenters. The zero-order valence-electron chi connectivity index (χ0n) is 27.9. The van der Waals surface area contributed by atoms with Gasteiger partial charge in [-0.25, -0.2) is 0 Å². The smallest absolute Gasteiger partial charge is 0.272 e. The van der Waals surface area contributed by atoms with Crippen LogP contribution in [0.3, 0.4) is 0 Å². The minimum atomic E-state index is -0.332. The van der Waals surface area contributed by atoms with Crippen LogP contribution in [0.5, 0.6) is 11.5 Å². The van der Waals surface area contributed by atoms with Gasteiger partial charge < -0.3 is 20.1 Å². The van der Waals surface area contributed by atoms with E-state index in [0.717, 1.165) is 35.2 Å². The first kappa shape index (κ1) is 33.8. The number of nitrogens with one attached hydrogen (secondary N) is 2. The number of hydrogen-bond donors (Lipinski definition) is 2. The summed E-state index contributed by atoms with van der Waals surface area (Å²) in [7, 11) is 1.65. The third-order valence-corrected chi connectivity index (χ3v) is 8.73. The van der Waals surface area contributed by atoms with Gasteiger partial charge in [-0.1, -0.05) is 99.8 Å². The molecule has 8 nitrogen and oxygen atoms in total. The highest BCUT2D eigenvalue weighted by molar-refractivity contribution is 5.94. The number of carbonyl (C=O) groups is 2. The average molecular weight is 637 g/mol. The summed E-state index contributed by atoms with van der Waals surface area (Å²) in [5.41, 5.74) is 3.95. The molecule has 1 aliphatic rings. The molecule has 0 saturated heterocycles. The lowest BCUT2D eigenvalue weighted by Gasteiger charge is -2.23. The summed E-state index contributed by atoms with van der Waals surface area (Å²) in [5, 5.41) is 11.0. The van der Waals surface area contributed by atoms with Gasteiger partial charge in [0.1, 0.15) is 18.1 Å². The van der Waals surface area contributed by atoms with Crippen LogP contribution in [-0.4, -0.2) is 34.7 Å². The number of amides is 2. The van der Waals surface area contributed by atoms with Crippen LogP contribution >= 0.6 is 0 Å². The summed E-state index contributed by atoms with van der Waals surface area (Å²) >= 11 is 0. The summed E-state index contributed by atoms with van der Waals surface area (Å²) in [6.07, 6.45) is 6.81. The Hall–Kier alpha value is -4.59. The minimum absolute atomic E-state index is 0.0995. The number of methoxy groups -OCH3 is 1. The first-order valence-corrected chi connectivity index (χ1v) is 16.9. The lowest BCUT2D eigenvalue weighted by atomic mass is 9.89. The summed E-state index contributed by atoms with van der Waals surface area (Å²) in [6.45, 7) is 5.74. The number of aromatic nitrogens is 2. The Morgan fingerprint density at radius 3 is 2.26 bits per heavy atom. The monoisotopic (exact) mass is 636 g/mol. The molecule has 1 aromatic heterocycles. The molecule has 3 aromatic carbocycles. The molecule has 47 heavy (non-hydrogen) atoms. The second-order valence-corrected chi connectivity index (χ2v) is 13.0. The molecule has 4 aromatic rings. The van der Waals surface area contributed by atoms with Crippen molar-refractivity contribution < 1.29 is 19.1 Å². The largest absolute Gasteiger partial charge is 0.496 e. The van der Waals surface area contributed by atoms with E-state index < -0.39 is 0 Å². The highest BCUT2D eigenvalue weighted by atomic mass is 16.5. The van der Waals surface area contributed by atoms with E-state index in [0.29, 0.717) is 55.1 Å². The summed E-state index contributed by atoms with van der Waals surface area (Å²) in [6, 6.07) is 27.1. The topological polar surface area (TPSA) is 94.5 Å². The quantitative estimate of drug-likeness (QED) is 0.140. The number of benzene rings is 3. The molecule has 0 spiro atoms. The van der Waals surface area contributed by atoms with E-state index in [1.54, 1.807) is 7.11 Å². The Labute approximate surface area is 278 Å². The molecule has 2 amide bonds. The molecule has 1 unspecified atom stereocenters. The molecule has 0 radical (unpaired) electrons. The van der Waals surface area contributed by atoms with Gasteiger partial charge in [0.05, 0.1) is 18.4 Å². The second-order valence-electron chi connectivity index (χ2n) is 13.0. The molecule has 8 heteroatoms. The fourth-order valence-electron chi connectivity index (χ4n) is 6.39. The maximum Gasteiger partial charge on any atom is 0.272 e. The fraction of sp³-hybridized carbons (Fsp3) is 0.410. The van der Waals surface area contributed by atoms with Gasteiger partial charge in [-0.3, -0.25) is 14.3 Å². The minimum Gasteiger partial charge on any atom is -0.496 e. The van der Waals surface area contributed by atoms with Crippen molar-refractivity contribution in [2.24, 2.45) is 11.8 Å². The number of carbonyl (C=O) groups excluding carboxylic acids is 2. The first-order valence-electron chi connectivity index (χ1n) is 16.9. The Bertz CT molecular complexity index is 1580. The van der Waals surface area contributed by atoms with Gasteiger partial charge >= 0.3 is 0 Å². The van der Waals surface area contributed by atoms with Gasteiger partial charge in [0, 0.05) is 25.6 Å². The summed E-state index contributed by atoms with van der Waals surface area (Å²) < 4.78 is 14.2. The van der Waals surface area contributed by atoms with Crippen LogP contribution in [0.2, 0.25) is 0 Å². The molecule has 248 valence electrons. The van der Waals surface area contributed by atoms with Crippen molar-refractivity contribution in [3.05, 3.63) is 102 Å². The van der Waals surface area contributed by atoms with Crippen molar-refractivity contribution in [2.45, 2.75) is 84.5 Å². The molecular weight excluding hydrogens is 588 g/mol. The molecule has 1 fully saturated rings. The van der Waals surface area contributed by atoms with Crippen molar-refractivity contribution in [3.8, 4) is 22.8 Å². The first-order chi connectivity index (χ1) is 22.9. The van der Waals surface area contributed by atoms with Crippen molar-refractivity contribution in [1.82, 2.24) is 20.4 Å². The van der Waals surface area contributed by atoms with E-state index in [9.17, 15) is 9.59 Å². The van der Waals surface area contributed by atoms with E-state index in [2.05, 4.69) is 24.5 Å². The number of hydrogen-bond acceptors (Lipinski definition) is 5. The number of nitrogens with zero attached hydrogens (tertiary/aromatic N) is 2. The Morgan fingerprint density at radius 2 is 1.57 bits per heavy atom. The van der Waals surface area contributed by atoms with Gasteiger partial charge in [0.15, 0.2) is 5.69 Å². The third kappa shape index (κ3) is 9.70. The van der Waals surface area contributed by atoms with Gasteiger partial charge in [-0.05, 0) is 60.4 Å². The molecule has 1 aliphatic carbocycles. The summed E-state index contributed by atoms with van der Waals surface area (Å²) in [4.78, 5) is 26.8. The number of rotatable bonds is 15. The lowest BCUT2D eigenvalue weighted by molar-refractivity contribution is -0.121. The highest BCUT2D eigenvalue weighted by Crippen LogP contribution is 2.40. The van der Waals surface area contributed by atoms with E-state index in [4.69, 9.17) is 14.6 Å². The normalized spacial score (nSPS) is 14.0. The number of ether oxygens (including phenoxy) is 2. The zero-order chi connectivity index (χ0) is 33.0. The predicted octanol–water partition coefficient (Wildman–Crippen LogP) is 7.57. The van der Waals surface area contributed by atoms with Crippen molar-refractivity contribution in [1.29, 1.82) is 0 Å². The van der Waals surface area contributed by atoms with Crippen LogP contribution in [-0.2, 0) is 24.5 Å².